The number of amides is 1. The molecule has 0 radical (unpaired) electrons. The van der Waals surface area contributed by atoms with Crippen molar-refractivity contribution in [2.75, 3.05) is 0 Å². The average Bonchev–Trinajstić information content (AvgIpc) is 2.97. The van der Waals surface area contributed by atoms with Gasteiger partial charge in [0.2, 0.25) is 0 Å². The SMILES string of the molecule is Cc1cccc(/C=N/NC(=O)c2nn(Cc3ccc(Br)cc3)cc2Br)n1. The smallest absolute Gasteiger partial charge is 0.266 e. The van der Waals surface area contributed by atoms with E-state index in [0.29, 0.717) is 16.7 Å². The van der Waals surface area contributed by atoms with E-state index in [9.17, 15) is 4.79 Å². The van der Waals surface area contributed by atoms with Gasteiger partial charge in [0.1, 0.15) is 0 Å². The molecule has 0 fully saturated rings. The number of carbonyl (C=O) groups excluding carboxylic acids is 1. The summed E-state index contributed by atoms with van der Waals surface area (Å²) >= 11 is 6.78. The number of hydrazone groups is 1. The molecule has 0 aliphatic carbocycles. The van der Waals surface area contributed by atoms with Gasteiger partial charge in [-0.1, -0.05) is 34.1 Å². The molecule has 1 N–H and O–H groups in total. The van der Waals surface area contributed by atoms with Crippen LogP contribution in [-0.4, -0.2) is 26.9 Å². The molecule has 26 heavy (non-hydrogen) atoms. The summed E-state index contributed by atoms with van der Waals surface area (Å²) in [6.07, 6.45) is 3.26. The molecule has 2 aromatic heterocycles. The van der Waals surface area contributed by atoms with Gasteiger partial charge in [-0.3, -0.25) is 14.5 Å². The summed E-state index contributed by atoms with van der Waals surface area (Å²) < 4.78 is 3.33. The molecule has 6 nitrogen and oxygen atoms in total. The zero-order valence-electron chi connectivity index (χ0n) is 13.9. The summed E-state index contributed by atoms with van der Waals surface area (Å²) in [5, 5.41) is 8.26. The average molecular weight is 477 g/mol. The molecule has 1 amide bonds. The predicted molar refractivity (Wildman–Crippen MR) is 107 cm³/mol. The lowest BCUT2D eigenvalue weighted by atomic mass is 10.2. The van der Waals surface area contributed by atoms with E-state index < -0.39 is 5.91 Å². The Hall–Kier alpha value is -2.32. The number of nitrogens with one attached hydrogen (secondary N) is 1. The van der Waals surface area contributed by atoms with E-state index in [4.69, 9.17) is 0 Å². The van der Waals surface area contributed by atoms with Crippen molar-refractivity contribution in [2.24, 2.45) is 5.10 Å². The largest absolute Gasteiger partial charge is 0.293 e. The van der Waals surface area contributed by atoms with E-state index in [1.54, 1.807) is 10.9 Å². The lowest BCUT2D eigenvalue weighted by molar-refractivity contribution is 0.0948. The highest BCUT2D eigenvalue weighted by Gasteiger charge is 2.14. The lowest BCUT2D eigenvalue weighted by Crippen LogP contribution is -2.19. The minimum absolute atomic E-state index is 0.275. The van der Waals surface area contributed by atoms with Crippen LogP contribution in [0.4, 0.5) is 0 Å². The van der Waals surface area contributed by atoms with Crippen molar-refractivity contribution in [1.29, 1.82) is 0 Å². The summed E-state index contributed by atoms with van der Waals surface area (Å²) in [5.74, 6) is -0.393. The first-order valence-electron chi connectivity index (χ1n) is 7.76. The Labute approximate surface area is 167 Å². The molecular formula is C18H15Br2N5O. The van der Waals surface area contributed by atoms with Gasteiger partial charge in [0.05, 0.1) is 22.9 Å². The van der Waals surface area contributed by atoms with Gasteiger partial charge in [0.25, 0.3) is 5.91 Å². The van der Waals surface area contributed by atoms with Crippen LogP contribution < -0.4 is 5.43 Å². The third-order valence-electron chi connectivity index (χ3n) is 3.46. The third kappa shape index (κ3) is 4.86. The van der Waals surface area contributed by atoms with Gasteiger partial charge in [-0.25, -0.2) is 5.43 Å². The fourth-order valence-corrected chi connectivity index (χ4v) is 3.01. The number of nitrogens with zero attached hydrogens (tertiary/aromatic N) is 4. The Morgan fingerprint density at radius 2 is 2.00 bits per heavy atom. The number of aromatic nitrogens is 3. The van der Waals surface area contributed by atoms with Crippen molar-refractivity contribution < 1.29 is 4.79 Å². The highest BCUT2D eigenvalue weighted by molar-refractivity contribution is 9.10. The van der Waals surface area contributed by atoms with Crippen LogP contribution in [0.15, 0.2) is 62.7 Å². The van der Waals surface area contributed by atoms with Crippen LogP contribution in [0.2, 0.25) is 0 Å². The molecule has 0 saturated heterocycles. The van der Waals surface area contributed by atoms with Crippen molar-refractivity contribution in [2.45, 2.75) is 13.5 Å². The Bertz CT molecular complexity index is 950. The molecular weight excluding hydrogens is 462 g/mol. The second-order valence-corrected chi connectivity index (χ2v) is 7.32. The van der Waals surface area contributed by atoms with Crippen molar-refractivity contribution in [3.05, 3.63) is 80.3 Å². The van der Waals surface area contributed by atoms with E-state index in [-0.39, 0.29) is 5.69 Å². The van der Waals surface area contributed by atoms with E-state index in [1.807, 2.05) is 49.4 Å². The van der Waals surface area contributed by atoms with Gasteiger partial charge in [-0.2, -0.15) is 10.2 Å². The van der Waals surface area contributed by atoms with E-state index in [1.165, 1.54) is 6.21 Å². The Kier molecular flexibility index (Phi) is 5.95. The van der Waals surface area contributed by atoms with Gasteiger partial charge >= 0.3 is 0 Å². The molecule has 0 aliphatic heterocycles. The number of hydrogen-bond acceptors (Lipinski definition) is 4. The molecule has 0 spiro atoms. The number of benzene rings is 1. The molecule has 3 rings (SSSR count). The maximum Gasteiger partial charge on any atom is 0.293 e. The topological polar surface area (TPSA) is 72.2 Å². The van der Waals surface area contributed by atoms with Crippen molar-refractivity contribution in [1.82, 2.24) is 20.2 Å². The molecule has 2 heterocycles. The molecule has 0 atom stereocenters. The normalized spacial score (nSPS) is 11.0. The van der Waals surface area contributed by atoms with Crippen molar-refractivity contribution in [3.63, 3.8) is 0 Å². The molecule has 0 bridgehead atoms. The van der Waals surface area contributed by atoms with Crippen LogP contribution in [0.5, 0.6) is 0 Å². The van der Waals surface area contributed by atoms with Crippen LogP contribution >= 0.6 is 31.9 Å². The lowest BCUT2D eigenvalue weighted by Gasteiger charge is -2.02. The maximum atomic E-state index is 12.3. The Balaban J connectivity index is 1.66. The predicted octanol–water partition coefficient (Wildman–Crippen LogP) is 3.92. The van der Waals surface area contributed by atoms with Crippen LogP contribution in [-0.2, 0) is 6.54 Å². The highest BCUT2D eigenvalue weighted by atomic mass is 79.9. The van der Waals surface area contributed by atoms with Gasteiger partial charge in [-0.05, 0) is 52.7 Å². The fraction of sp³-hybridized carbons (Fsp3) is 0.111. The van der Waals surface area contributed by atoms with Crippen LogP contribution in [0, 0.1) is 6.92 Å². The monoisotopic (exact) mass is 475 g/mol. The first-order chi connectivity index (χ1) is 12.5. The standard InChI is InChI=1S/C18H15Br2N5O/c1-12-3-2-4-15(22-12)9-21-23-18(26)17-16(20)11-25(24-17)10-13-5-7-14(19)8-6-13/h2-9,11H,10H2,1H3,(H,23,26)/b21-9+. The molecule has 132 valence electrons. The Morgan fingerprint density at radius 3 is 2.73 bits per heavy atom. The molecule has 0 unspecified atom stereocenters. The Morgan fingerprint density at radius 1 is 1.23 bits per heavy atom. The zero-order chi connectivity index (χ0) is 18.5. The summed E-state index contributed by atoms with van der Waals surface area (Å²) in [6, 6.07) is 13.5. The minimum Gasteiger partial charge on any atom is -0.266 e. The number of aryl methyl sites for hydroxylation is 1. The van der Waals surface area contributed by atoms with Crippen molar-refractivity contribution in [3.8, 4) is 0 Å². The number of rotatable bonds is 5. The van der Waals surface area contributed by atoms with Gasteiger partial charge in [0.15, 0.2) is 5.69 Å². The van der Waals surface area contributed by atoms with Crippen LogP contribution in [0.25, 0.3) is 0 Å². The minimum atomic E-state index is -0.393. The first kappa shape index (κ1) is 18.5. The van der Waals surface area contributed by atoms with Gasteiger partial charge in [-0.15, -0.1) is 0 Å². The molecule has 0 saturated carbocycles. The van der Waals surface area contributed by atoms with Crippen LogP contribution in [0.1, 0.15) is 27.4 Å². The number of hydrogen-bond donors (Lipinski definition) is 1. The maximum absolute atomic E-state index is 12.3. The summed E-state index contributed by atoms with van der Waals surface area (Å²) in [7, 11) is 0. The summed E-state index contributed by atoms with van der Waals surface area (Å²) in [6.45, 7) is 2.46. The zero-order valence-corrected chi connectivity index (χ0v) is 17.0. The van der Waals surface area contributed by atoms with Gasteiger partial charge < -0.3 is 0 Å². The first-order valence-corrected chi connectivity index (χ1v) is 9.34. The molecule has 8 heteroatoms. The van der Waals surface area contributed by atoms with Crippen molar-refractivity contribution >= 4 is 44.0 Å². The summed E-state index contributed by atoms with van der Waals surface area (Å²) in [4.78, 5) is 16.6. The van der Waals surface area contributed by atoms with E-state index >= 15 is 0 Å². The fourth-order valence-electron chi connectivity index (χ4n) is 2.25. The highest BCUT2D eigenvalue weighted by Crippen LogP contribution is 2.17. The third-order valence-corrected chi connectivity index (χ3v) is 4.57. The van der Waals surface area contributed by atoms with E-state index in [2.05, 4.69) is 52.5 Å². The number of halogens is 2. The van der Waals surface area contributed by atoms with Gasteiger partial charge in [0, 0.05) is 16.4 Å². The molecule has 0 aliphatic rings. The number of carbonyl (C=O) groups is 1. The molecule has 1 aromatic carbocycles. The quantitative estimate of drug-likeness (QED) is 0.448. The summed E-state index contributed by atoms with van der Waals surface area (Å²) in [5.41, 5.74) is 5.38. The second-order valence-electron chi connectivity index (χ2n) is 5.55. The number of pyridine rings is 1. The van der Waals surface area contributed by atoms with Crippen LogP contribution in [0.3, 0.4) is 0 Å². The second kappa shape index (κ2) is 8.37. The molecule has 3 aromatic rings. The van der Waals surface area contributed by atoms with E-state index in [0.717, 1.165) is 15.7 Å².